The normalized spacial score (nSPS) is 12.6. The van der Waals surface area contributed by atoms with Crippen molar-refractivity contribution in [2.75, 3.05) is 13.7 Å². The second-order valence-electron chi connectivity index (χ2n) is 4.31. The number of hydrogen-bond donors (Lipinski definition) is 0. The third-order valence-electron chi connectivity index (χ3n) is 3.00. The lowest BCUT2D eigenvalue weighted by Gasteiger charge is -2.09. The minimum atomic E-state index is -0.225. The summed E-state index contributed by atoms with van der Waals surface area (Å²) >= 11 is 6.42. The summed E-state index contributed by atoms with van der Waals surface area (Å²) in [6.45, 7) is 2.74. The number of ether oxygens (including phenoxy) is 1. The molecule has 0 amide bonds. The molecule has 0 N–H and O–H groups in total. The van der Waals surface area contributed by atoms with Crippen molar-refractivity contribution < 1.29 is 9.15 Å². The lowest BCUT2D eigenvalue weighted by atomic mass is 10.0. The van der Waals surface area contributed by atoms with Crippen molar-refractivity contribution in [3.8, 4) is 0 Å². The molecule has 1 aromatic heterocycles. The molecule has 2 rings (SSSR count). The van der Waals surface area contributed by atoms with Crippen molar-refractivity contribution in [2.24, 2.45) is 0 Å². The number of methoxy groups -OCH3 is 1. The van der Waals surface area contributed by atoms with Crippen LogP contribution in [-0.2, 0) is 11.2 Å². The van der Waals surface area contributed by atoms with Crippen LogP contribution in [0.15, 0.2) is 41.0 Å². The Morgan fingerprint density at radius 2 is 1.94 bits per heavy atom. The van der Waals surface area contributed by atoms with E-state index in [0.717, 1.165) is 29.9 Å². The van der Waals surface area contributed by atoms with Gasteiger partial charge in [0.15, 0.2) is 0 Å². The summed E-state index contributed by atoms with van der Waals surface area (Å²) in [6, 6.07) is 10.2. The Bertz CT molecular complexity index is 487. The van der Waals surface area contributed by atoms with Gasteiger partial charge >= 0.3 is 0 Å². The van der Waals surface area contributed by atoms with Crippen LogP contribution in [0.3, 0.4) is 0 Å². The Morgan fingerprint density at radius 1 is 1.22 bits per heavy atom. The first-order valence-corrected chi connectivity index (χ1v) is 6.42. The molecule has 0 radical (unpaired) electrons. The van der Waals surface area contributed by atoms with Gasteiger partial charge in [-0.25, -0.2) is 0 Å². The van der Waals surface area contributed by atoms with Crippen LogP contribution in [0.2, 0.25) is 0 Å². The van der Waals surface area contributed by atoms with Crippen molar-refractivity contribution >= 4 is 11.6 Å². The molecule has 2 nitrogen and oxygen atoms in total. The lowest BCUT2D eigenvalue weighted by molar-refractivity contribution is 0.202. The van der Waals surface area contributed by atoms with E-state index in [1.807, 2.05) is 25.1 Å². The van der Waals surface area contributed by atoms with Gasteiger partial charge < -0.3 is 9.15 Å². The van der Waals surface area contributed by atoms with Crippen molar-refractivity contribution in [3.05, 3.63) is 59.0 Å². The molecular formula is C15H17ClO2. The fraction of sp³-hybridized carbons (Fsp3) is 0.333. The first-order chi connectivity index (χ1) is 8.72. The van der Waals surface area contributed by atoms with Crippen LogP contribution in [0.4, 0.5) is 0 Å². The van der Waals surface area contributed by atoms with E-state index in [1.54, 1.807) is 13.4 Å². The standard InChI is InChI=1S/C15H17ClO2/c1-11-7-10-18-15(11)14(16)13-5-3-12(4-6-13)8-9-17-2/h3-7,10,14H,8-9H2,1-2H3. The van der Waals surface area contributed by atoms with E-state index in [4.69, 9.17) is 20.8 Å². The van der Waals surface area contributed by atoms with Crippen LogP contribution >= 0.6 is 11.6 Å². The fourth-order valence-corrected chi connectivity index (χ4v) is 2.24. The van der Waals surface area contributed by atoms with Gasteiger partial charge in [0.25, 0.3) is 0 Å². The van der Waals surface area contributed by atoms with Gasteiger partial charge in [-0.1, -0.05) is 24.3 Å². The second-order valence-corrected chi connectivity index (χ2v) is 4.75. The van der Waals surface area contributed by atoms with Crippen molar-refractivity contribution in [1.29, 1.82) is 0 Å². The highest BCUT2D eigenvalue weighted by atomic mass is 35.5. The molecule has 0 saturated carbocycles. The summed E-state index contributed by atoms with van der Waals surface area (Å²) in [5, 5.41) is -0.225. The number of benzene rings is 1. The average molecular weight is 265 g/mol. The van der Waals surface area contributed by atoms with Crippen LogP contribution < -0.4 is 0 Å². The smallest absolute Gasteiger partial charge is 0.128 e. The number of furan rings is 1. The van der Waals surface area contributed by atoms with Gasteiger partial charge in [0, 0.05) is 7.11 Å². The zero-order valence-electron chi connectivity index (χ0n) is 10.7. The maximum Gasteiger partial charge on any atom is 0.128 e. The summed E-state index contributed by atoms with van der Waals surface area (Å²) in [5.41, 5.74) is 3.38. The molecule has 2 aromatic rings. The van der Waals surface area contributed by atoms with Crippen LogP contribution in [0, 0.1) is 6.92 Å². The first kappa shape index (κ1) is 13.2. The number of alkyl halides is 1. The molecule has 0 aliphatic carbocycles. The maximum absolute atomic E-state index is 6.42. The minimum Gasteiger partial charge on any atom is -0.467 e. The monoisotopic (exact) mass is 264 g/mol. The molecule has 0 saturated heterocycles. The molecule has 1 unspecified atom stereocenters. The Hall–Kier alpha value is -1.25. The quantitative estimate of drug-likeness (QED) is 0.759. The van der Waals surface area contributed by atoms with Gasteiger partial charge in [-0.3, -0.25) is 0 Å². The molecule has 1 aromatic carbocycles. The van der Waals surface area contributed by atoms with Gasteiger partial charge in [-0.05, 0) is 36.1 Å². The molecule has 96 valence electrons. The number of hydrogen-bond acceptors (Lipinski definition) is 2. The fourth-order valence-electron chi connectivity index (χ4n) is 1.87. The molecule has 0 bridgehead atoms. The molecular weight excluding hydrogens is 248 g/mol. The number of rotatable bonds is 5. The third-order valence-corrected chi connectivity index (χ3v) is 3.45. The SMILES string of the molecule is COCCc1ccc(C(Cl)c2occc2C)cc1. The Morgan fingerprint density at radius 3 is 2.50 bits per heavy atom. The number of halogens is 1. The zero-order valence-corrected chi connectivity index (χ0v) is 11.4. The van der Waals surface area contributed by atoms with Gasteiger partial charge in [0.05, 0.1) is 12.9 Å². The first-order valence-electron chi connectivity index (χ1n) is 5.98. The highest BCUT2D eigenvalue weighted by Gasteiger charge is 2.16. The summed E-state index contributed by atoms with van der Waals surface area (Å²) in [4.78, 5) is 0. The summed E-state index contributed by atoms with van der Waals surface area (Å²) < 4.78 is 10.5. The maximum atomic E-state index is 6.42. The van der Waals surface area contributed by atoms with Crippen LogP contribution in [0.1, 0.15) is 27.8 Å². The largest absolute Gasteiger partial charge is 0.467 e. The van der Waals surface area contributed by atoms with Gasteiger partial charge in [-0.15, -0.1) is 11.6 Å². The Kier molecular flexibility index (Phi) is 4.45. The number of aryl methyl sites for hydroxylation is 1. The van der Waals surface area contributed by atoms with E-state index < -0.39 is 0 Å². The predicted molar refractivity (Wildman–Crippen MR) is 73.2 cm³/mol. The van der Waals surface area contributed by atoms with Crippen molar-refractivity contribution in [1.82, 2.24) is 0 Å². The molecule has 1 heterocycles. The molecule has 0 aliphatic rings. The molecule has 1 atom stereocenters. The average Bonchev–Trinajstić information content (AvgIpc) is 2.82. The highest BCUT2D eigenvalue weighted by Crippen LogP contribution is 2.31. The highest BCUT2D eigenvalue weighted by molar-refractivity contribution is 6.22. The summed E-state index contributed by atoms with van der Waals surface area (Å²) in [7, 11) is 1.71. The third kappa shape index (κ3) is 2.95. The van der Waals surface area contributed by atoms with E-state index in [0.29, 0.717) is 0 Å². The van der Waals surface area contributed by atoms with E-state index in [2.05, 4.69) is 12.1 Å². The van der Waals surface area contributed by atoms with Crippen LogP contribution in [-0.4, -0.2) is 13.7 Å². The summed E-state index contributed by atoms with van der Waals surface area (Å²) in [5.74, 6) is 0.821. The van der Waals surface area contributed by atoms with Crippen molar-refractivity contribution in [3.63, 3.8) is 0 Å². The van der Waals surface area contributed by atoms with Gasteiger partial charge in [0.2, 0.25) is 0 Å². The lowest BCUT2D eigenvalue weighted by Crippen LogP contribution is -1.97. The topological polar surface area (TPSA) is 22.4 Å². The van der Waals surface area contributed by atoms with E-state index in [1.165, 1.54) is 5.56 Å². The predicted octanol–water partition coefficient (Wildman–Crippen LogP) is 4.11. The molecule has 3 heteroatoms. The van der Waals surface area contributed by atoms with E-state index in [9.17, 15) is 0 Å². The minimum absolute atomic E-state index is 0.225. The molecule has 0 aliphatic heterocycles. The zero-order chi connectivity index (χ0) is 13.0. The Balaban J connectivity index is 2.12. The molecule has 18 heavy (non-hydrogen) atoms. The van der Waals surface area contributed by atoms with Gasteiger partial charge in [0.1, 0.15) is 11.1 Å². The van der Waals surface area contributed by atoms with Crippen molar-refractivity contribution in [2.45, 2.75) is 18.7 Å². The van der Waals surface area contributed by atoms with Gasteiger partial charge in [-0.2, -0.15) is 0 Å². The van der Waals surface area contributed by atoms with Crippen LogP contribution in [0.25, 0.3) is 0 Å². The van der Waals surface area contributed by atoms with Crippen LogP contribution in [0.5, 0.6) is 0 Å². The van der Waals surface area contributed by atoms with E-state index >= 15 is 0 Å². The van der Waals surface area contributed by atoms with E-state index in [-0.39, 0.29) is 5.38 Å². The Labute approximate surface area is 113 Å². The second kappa shape index (κ2) is 6.07. The summed E-state index contributed by atoms with van der Waals surface area (Å²) in [6.07, 6.45) is 2.59. The molecule has 0 spiro atoms. The molecule has 0 fully saturated rings.